The predicted octanol–water partition coefficient (Wildman–Crippen LogP) is 2.91. The first-order valence-electron chi connectivity index (χ1n) is 7.78. The molecule has 0 saturated heterocycles. The number of sulfonamides is 1. The molecule has 1 aromatic rings. The Morgan fingerprint density at radius 1 is 1.30 bits per heavy atom. The number of hydrogen-bond acceptors (Lipinski definition) is 5. The fourth-order valence-corrected chi connectivity index (χ4v) is 3.53. The van der Waals surface area contributed by atoms with E-state index in [0.29, 0.717) is 18.8 Å². The normalized spacial score (nSPS) is 11.7. The van der Waals surface area contributed by atoms with Gasteiger partial charge >= 0.3 is 0 Å². The number of nitro benzene ring substituents is 1. The van der Waals surface area contributed by atoms with E-state index in [1.54, 1.807) is 13.8 Å². The zero-order chi connectivity index (χ0) is 17.6. The summed E-state index contributed by atoms with van der Waals surface area (Å²) in [6.07, 6.45) is 1.90. The first-order valence-corrected chi connectivity index (χ1v) is 9.27. The number of unbranched alkanes of at least 4 members (excludes halogenated alkanes) is 1. The van der Waals surface area contributed by atoms with Crippen LogP contribution in [0.5, 0.6) is 0 Å². The molecule has 8 heteroatoms. The summed E-state index contributed by atoms with van der Waals surface area (Å²) >= 11 is 0. The van der Waals surface area contributed by atoms with E-state index in [9.17, 15) is 18.5 Å². The molecule has 1 N–H and O–H groups in total. The molecule has 130 valence electrons. The predicted molar refractivity (Wildman–Crippen MR) is 91.3 cm³/mol. The van der Waals surface area contributed by atoms with E-state index in [4.69, 9.17) is 0 Å². The van der Waals surface area contributed by atoms with Crippen molar-refractivity contribution in [1.29, 1.82) is 0 Å². The number of nitrogens with zero attached hydrogens (tertiary/aromatic N) is 2. The first-order chi connectivity index (χ1) is 10.7. The zero-order valence-corrected chi connectivity index (χ0v) is 14.9. The van der Waals surface area contributed by atoms with Crippen molar-refractivity contribution in [2.45, 2.75) is 51.5 Å². The largest absolute Gasteiger partial charge is 0.366 e. The Kier molecular flexibility index (Phi) is 6.96. The van der Waals surface area contributed by atoms with E-state index >= 15 is 0 Å². The van der Waals surface area contributed by atoms with Crippen LogP contribution in [0, 0.1) is 10.1 Å². The Hall–Kier alpha value is -1.67. The minimum Gasteiger partial charge on any atom is -0.366 e. The van der Waals surface area contributed by atoms with Gasteiger partial charge in [0, 0.05) is 25.2 Å². The van der Waals surface area contributed by atoms with Crippen LogP contribution in [-0.4, -0.2) is 32.5 Å². The third kappa shape index (κ3) is 5.18. The number of nitro groups is 1. The van der Waals surface area contributed by atoms with Gasteiger partial charge in [-0.2, -0.15) is 0 Å². The molecule has 0 aliphatic heterocycles. The summed E-state index contributed by atoms with van der Waals surface area (Å²) in [5.41, 5.74) is 0.268. The van der Waals surface area contributed by atoms with E-state index in [0.717, 1.165) is 18.9 Å². The fraction of sp³-hybridized carbons (Fsp3) is 0.600. The third-order valence-corrected chi connectivity index (χ3v) is 5.00. The lowest BCUT2D eigenvalue weighted by Crippen LogP contribution is -2.30. The van der Waals surface area contributed by atoms with Gasteiger partial charge < -0.3 is 4.90 Å². The second-order valence-electron chi connectivity index (χ2n) is 5.62. The Bertz CT molecular complexity index is 644. The smallest absolute Gasteiger partial charge is 0.293 e. The standard InChI is InChI=1S/C15H25N3O4S/c1-5-7-10-17(6-2)14-9-8-13(11-15(14)18(19)20)23(21,22)16-12(3)4/h8-9,11-12,16H,5-7,10H2,1-4H3. The highest BCUT2D eigenvalue weighted by atomic mass is 32.2. The average Bonchev–Trinajstić information content (AvgIpc) is 2.46. The van der Waals surface area contributed by atoms with Crippen molar-refractivity contribution in [2.24, 2.45) is 0 Å². The Labute approximate surface area is 137 Å². The average molecular weight is 343 g/mol. The summed E-state index contributed by atoms with van der Waals surface area (Å²) in [6.45, 7) is 8.69. The van der Waals surface area contributed by atoms with Crippen molar-refractivity contribution in [2.75, 3.05) is 18.0 Å². The van der Waals surface area contributed by atoms with Gasteiger partial charge in [-0.15, -0.1) is 0 Å². The van der Waals surface area contributed by atoms with E-state index < -0.39 is 14.9 Å². The van der Waals surface area contributed by atoms with Crippen molar-refractivity contribution in [3.8, 4) is 0 Å². The van der Waals surface area contributed by atoms with E-state index in [2.05, 4.69) is 11.6 Å². The maximum atomic E-state index is 12.2. The number of nitrogens with one attached hydrogen (secondary N) is 1. The minimum atomic E-state index is -3.75. The van der Waals surface area contributed by atoms with Crippen LogP contribution in [0.1, 0.15) is 40.5 Å². The number of benzene rings is 1. The molecule has 0 saturated carbocycles. The van der Waals surface area contributed by atoms with Crippen LogP contribution in [0.4, 0.5) is 11.4 Å². The van der Waals surface area contributed by atoms with Crippen LogP contribution in [0.3, 0.4) is 0 Å². The summed E-state index contributed by atoms with van der Waals surface area (Å²) in [4.78, 5) is 12.7. The highest BCUT2D eigenvalue weighted by Gasteiger charge is 2.24. The number of anilines is 1. The minimum absolute atomic E-state index is 0.0896. The Morgan fingerprint density at radius 3 is 2.43 bits per heavy atom. The highest BCUT2D eigenvalue weighted by Crippen LogP contribution is 2.31. The summed E-state index contributed by atoms with van der Waals surface area (Å²) in [7, 11) is -3.75. The summed E-state index contributed by atoms with van der Waals surface area (Å²) in [6, 6.07) is 3.79. The molecular formula is C15H25N3O4S. The Morgan fingerprint density at radius 2 is 1.96 bits per heavy atom. The van der Waals surface area contributed by atoms with Crippen LogP contribution in [0.15, 0.2) is 23.1 Å². The third-order valence-electron chi connectivity index (χ3n) is 3.35. The van der Waals surface area contributed by atoms with Gasteiger partial charge in [0.15, 0.2) is 0 Å². The molecule has 7 nitrogen and oxygen atoms in total. The SMILES string of the molecule is CCCCN(CC)c1ccc(S(=O)(=O)NC(C)C)cc1[N+](=O)[O-]. The van der Waals surface area contributed by atoms with E-state index in [-0.39, 0.29) is 16.6 Å². The summed E-state index contributed by atoms with van der Waals surface area (Å²) in [5.74, 6) is 0. The van der Waals surface area contributed by atoms with Gasteiger partial charge in [-0.3, -0.25) is 10.1 Å². The maximum absolute atomic E-state index is 12.2. The van der Waals surface area contributed by atoms with Gasteiger partial charge in [-0.05, 0) is 39.3 Å². The van der Waals surface area contributed by atoms with Gasteiger partial charge in [-0.1, -0.05) is 13.3 Å². The highest BCUT2D eigenvalue weighted by molar-refractivity contribution is 7.89. The van der Waals surface area contributed by atoms with Crippen LogP contribution in [0.2, 0.25) is 0 Å². The van der Waals surface area contributed by atoms with Crippen LogP contribution in [-0.2, 0) is 10.0 Å². The molecule has 0 aliphatic rings. The molecule has 0 heterocycles. The molecule has 0 atom stereocenters. The molecule has 1 rings (SSSR count). The number of hydrogen-bond donors (Lipinski definition) is 1. The van der Waals surface area contributed by atoms with Gasteiger partial charge in [0.25, 0.3) is 5.69 Å². The molecule has 0 unspecified atom stereocenters. The Balaban J connectivity index is 3.29. The van der Waals surface area contributed by atoms with Crippen LogP contribution in [0.25, 0.3) is 0 Å². The lowest BCUT2D eigenvalue weighted by atomic mass is 10.2. The van der Waals surface area contributed by atoms with E-state index in [1.165, 1.54) is 12.1 Å². The fourth-order valence-electron chi connectivity index (χ4n) is 2.26. The molecule has 23 heavy (non-hydrogen) atoms. The van der Waals surface area contributed by atoms with Gasteiger partial charge in [0.05, 0.1) is 9.82 Å². The molecule has 0 radical (unpaired) electrons. The second-order valence-corrected chi connectivity index (χ2v) is 7.33. The molecule has 0 bridgehead atoms. The van der Waals surface area contributed by atoms with E-state index in [1.807, 2.05) is 11.8 Å². The van der Waals surface area contributed by atoms with Crippen molar-refractivity contribution in [3.05, 3.63) is 28.3 Å². The monoisotopic (exact) mass is 343 g/mol. The van der Waals surface area contributed by atoms with Gasteiger partial charge in [0.1, 0.15) is 5.69 Å². The van der Waals surface area contributed by atoms with Crippen LogP contribution >= 0.6 is 0 Å². The molecular weight excluding hydrogens is 318 g/mol. The second kappa shape index (κ2) is 8.26. The van der Waals surface area contributed by atoms with Crippen molar-refractivity contribution in [3.63, 3.8) is 0 Å². The molecule has 0 aliphatic carbocycles. The summed E-state index contributed by atoms with van der Waals surface area (Å²) < 4.78 is 26.8. The van der Waals surface area contributed by atoms with Crippen molar-refractivity contribution in [1.82, 2.24) is 4.72 Å². The zero-order valence-electron chi connectivity index (χ0n) is 14.1. The molecule has 0 fully saturated rings. The lowest BCUT2D eigenvalue weighted by Gasteiger charge is -2.23. The topological polar surface area (TPSA) is 92.6 Å². The van der Waals surface area contributed by atoms with Gasteiger partial charge in [0.2, 0.25) is 10.0 Å². The molecule has 0 aromatic heterocycles. The maximum Gasteiger partial charge on any atom is 0.293 e. The van der Waals surface area contributed by atoms with Crippen molar-refractivity contribution < 1.29 is 13.3 Å². The first kappa shape index (κ1) is 19.4. The van der Waals surface area contributed by atoms with Crippen LogP contribution < -0.4 is 9.62 Å². The van der Waals surface area contributed by atoms with Gasteiger partial charge in [-0.25, -0.2) is 13.1 Å². The van der Waals surface area contributed by atoms with Crippen molar-refractivity contribution >= 4 is 21.4 Å². The lowest BCUT2D eigenvalue weighted by molar-refractivity contribution is -0.384. The quantitative estimate of drug-likeness (QED) is 0.550. The molecule has 0 spiro atoms. The molecule has 1 aromatic carbocycles. The molecule has 0 amide bonds. The summed E-state index contributed by atoms with van der Waals surface area (Å²) in [5, 5.41) is 11.4. The number of rotatable bonds is 9.